The topological polar surface area (TPSA) is 58.6 Å². The largest absolute Gasteiger partial charge is 0.384 e. The van der Waals surface area contributed by atoms with Crippen LogP contribution in [0, 0.1) is 5.82 Å². The number of amides is 1. The molecule has 2 N–H and O–H groups in total. The van der Waals surface area contributed by atoms with Crippen LogP contribution in [-0.4, -0.2) is 30.3 Å². The van der Waals surface area contributed by atoms with Gasteiger partial charge in [-0.25, -0.2) is 4.39 Å². The first kappa shape index (κ1) is 16.6. The van der Waals surface area contributed by atoms with Crippen molar-refractivity contribution in [2.75, 3.05) is 13.2 Å². The summed E-state index contributed by atoms with van der Waals surface area (Å²) in [7, 11) is 0. The number of hydrogen-bond acceptors (Lipinski definition) is 3. The average Bonchev–Trinajstić information content (AvgIpc) is 2.36. The molecule has 0 heterocycles. The molecule has 0 aromatic heterocycles. The van der Waals surface area contributed by atoms with Gasteiger partial charge in [-0.15, -0.1) is 0 Å². The van der Waals surface area contributed by atoms with Crippen molar-refractivity contribution in [2.45, 2.75) is 38.9 Å². The highest BCUT2D eigenvalue weighted by Gasteiger charge is 2.23. The number of rotatable bonds is 7. The zero-order valence-electron chi connectivity index (χ0n) is 12.1. The molecule has 0 aliphatic carbocycles. The minimum atomic E-state index is -1.23. The van der Waals surface area contributed by atoms with E-state index < -0.39 is 5.60 Å². The summed E-state index contributed by atoms with van der Waals surface area (Å²) in [6.45, 7) is 5.79. The fraction of sp³-hybridized carbons (Fsp3) is 0.533. The molecule has 0 aliphatic rings. The van der Waals surface area contributed by atoms with Gasteiger partial charge in [-0.3, -0.25) is 4.79 Å². The second-order valence-corrected chi connectivity index (χ2v) is 5.23. The Morgan fingerprint density at radius 3 is 2.55 bits per heavy atom. The van der Waals surface area contributed by atoms with Crippen LogP contribution >= 0.6 is 0 Å². The van der Waals surface area contributed by atoms with Gasteiger partial charge in [0, 0.05) is 6.42 Å². The maximum Gasteiger partial charge on any atom is 0.222 e. The fourth-order valence-electron chi connectivity index (χ4n) is 1.66. The number of halogens is 1. The summed E-state index contributed by atoms with van der Waals surface area (Å²) in [4.78, 5) is 11.6. The Hall–Kier alpha value is -1.46. The highest BCUT2D eigenvalue weighted by Crippen LogP contribution is 2.19. The highest BCUT2D eigenvalue weighted by molar-refractivity contribution is 5.76. The average molecular weight is 283 g/mol. The molecule has 0 aliphatic heterocycles. The lowest BCUT2D eigenvalue weighted by molar-refractivity contribution is -0.123. The Bertz CT molecular complexity index is 429. The van der Waals surface area contributed by atoms with E-state index in [-0.39, 0.29) is 30.8 Å². The molecule has 0 saturated carbocycles. The van der Waals surface area contributed by atoms with Gasteiger partial charge in [-0.2, -0.15) is 0 Å². The van der Waals surface area contributed by atoms with Crippen LogP contribution in [0.1, 0.15) is 32.8 Å². The number of hydrogen-bond donors (Lipinski definition) is 2. The van der Waals surface area contributed by atoms with Gasteiger partial charge in [0.25, 0.3) is 0 Å². The van der Waals surface area contributed by atoms with Crippen molar-refractivity contribution in [1.29, 1.82) is 0 Å². The first-order valence-corrected chi connectivity index (χ1v) is 6.68. The number of aliphatic hydroxyl groups is 1. The summed E-state index contributed by atoms with van der Waals surface area (Å²) in [6.07, 6.45) is 0.336. The second-order valence-electron chi connectivity index (χ2n) is 5.23. The van der Waals surface area contributed by atoms with Crippen LogP contribution in [0.25, 0.3) is 0 Å². The minimum Gasteiger partial charge on any atom is -0.384 e. The van der Waals surface area contributed by atoms with E-state index in [1.165, 1.54) is 24.3 Å². The van der Waals surface area contributed by atoms with Crippen molar-refractivity contribution in [3.05, 3.63) is 35.6 Å². The standard InChI is InChI=1S/C15H22FNO3/c1-11(2)20-9-8-14(18)17-10-15(3,19)12-4-6-13(16)7-5-12/h4-7,11,19H,8-10H2,1-3H3,(H,17,18). The number of carbonyl (C=O) groups is 1. The Morgan fingerprint density at radius 1 is 1.40 bits per heavy atom. The van der Waals surface area contributed by atoms with Crippen LogP contribution in [0.2, 0.25) is 0 Å². The third-order valence-corrected chi connectivity index (χ3v) is 2.88. The number of nitrogens with one attached hydrogen (secondary N) is 1. The van der Waals surface area contributed by atoms with Gasteiger partial charge < -0.3 is 15.2 Å². The Kier molecular flexibility index (Phi) is 6.10. The minimum absolute atomic E-state index is 0.0686. The molecule has 1 unspecified atom stereocenters. The van der Waals surface area contributed by atoms with Crippen LogP contribution < -0.4 is 5.32 Å². The number of ether oxygens (including phenoxy) is 1. The summed E-state index contributed by atoms with van der Waals surface area (Å²) < 4.78 is 18.1. The lowest BCUT2D eigenvalue weighted by atomic mass is 9.96. The molecule has 0 radical (unpaired) electrons. The second kappa shape index (κ2) is 7.36. The van der Waals surface area contributed by atoms with Crippen molar-refractivity contribution in [3.63, 3.8) is 0 Å². The Labute approximate surface area is 119 Å². The third-order valence-electron chi connectivity index (χ3n) is 2.88. The molecule has 0 fully saturated rings. The van der Waals surface area contributed by atoms with Gasteiger partial charge in [-0.1, -0.05) is 12.1 Å². The predicted molar refractivity (Wildman–Crippen MR) is 74.7 cm³/mol. The van der Waals surface area contributed by atoms with Crippen molar-refractivity contribution in [1.82, 2.24) is 5.32 Å². The van der Waals surface area contributed by atoms with Crippen molar-refractivity contribution in [2.24, 2.45) is 0 Å². The summed E-state index contributed by atoms with van der Waals surface area (Å²) in [6, 6.07) is 5.57. The molecule has 4 nitrogen and oxygen atoms in total. The molecule has 20 heavy (non-hydrogen) atoms. The summed E-state index contributed by atoms with van der Waals surface area (Å²) >= 11 is 0. The molecule has 1 rings (SSSR count). The first-order valence-electron chi connectivity index (χ1n) is 6.68. The molecular weight excluding hydrogens is 261 g/mol. The van der Waals surface area contributed by atoms with E-state index in [0.717, 1.165) is 0 Å². The first-order chi connectivity index (χ1) is 9.31. The van der Waals surface area contributed by atoms with Crippen LogP contribution in [0.5, 0.6) is 0 Å². The molecule has 1 amide bonds. The van der Waals surface area contributed by atoms with E-state index in [1.54, 1.807) is 6.92 Å². The van der Waals surface area contributed by atoms with E-state index in [0.29, 0.717) is 12.2 Å². The quantitative estimate of drug-likeness (QED) is 0.804. The number of benzene rings is 1. The van der Waals surface area contributed by atoms with E-state index >= 15 is 0 Å². The summed E-state index contributed by atoms with van der Waals surface area (Å²) in [5.74, 6) is -0.549. The zero-order valence-corrected chi connectivity index (χ0v) is 12.1. The maximum absolute atomic E-state index is 12.8. The van der Waals surface area contributed by atoms with Gasteiger partial charge in [0.15, 0.2) is 0 Å². The fourth-order valence-corrected chi connectivity index (χ4v) is 1.66. The van der Waals surface area contributed by atoms with Crippen molar-refractivity contribution >= 4 is 5.91 Å². The molecule has 1 aromatic rings. The molecule has 1 atom stereocenters. The maximum atomic E-state index is 12.8. The lowest BCUT2D eigenvalue weighted by Crippen LogP contribution is -2.39. The molecule has 0 spiro atoms. The normalized spacial score (nSPS) is 14.1. The van der Waals surface area contributed by atoms with E-state index in [9.17, 15) is 14.3 Å². The highest BCUT2D eigenvalue weighted by atomic mass is 19.1. The Balaban J connectivity index is 2.42. The van der Waals surface area contributed by atoms with Gasteiger partial charge in [0.05, 0.1) is 19.3 Å². The predicted octanol–water partition coefficient (Wildman–Crippen LogP) is 1.96. The summed E-state index contributed by atoms with van der Waals surface area (Å²) in [5, 5.41) is 12.9. The van der Waals surface area contributed by atoms with Crippen LogP contribution in [0.3, 0.4) is 0 Å². The molecule has 112 valence electrons. The SMILES string of the molecule is CC(C)OCCC(=O)NCC(C)(O)c1ccc(F)cc1. The monoisotopic (exact) mass is 283 g/mol. The Morgan fingerprint density at radius 2 is 2.00 bits per heavy atom. The van der Waals surface area contributed by atoms with Crippen LogP contribution in [-0.2, 0) is 15.1 Å². The lowest BCUT2D eigenvalue weighted by Gasteiger charge is -2.24. The zero-order chi connectivity index (χ0) is 15.2. The van der Waals surface area contributed by atoms with Crippen molar-refractivity contribution < 1.29 is 19.0 Å². The van der Waals surface area contributed by atoms with Gasteiger partial charge in [0.1, 0.15) is 11.4 Å². The van der Waals surface area contributed by atoms with E-state index in [4.69, 9.17) is 4.74 Å². The molecular formula is C15H22FNO3. The van der Waals surface area contributed by atoms with Crippen LogP contribution in [0.4, 0.5) is 4.39 Å². The number of carbonyl (C=O) groups excluding carboxylic acids is 1. The van der Waals surface area contributed by atoms with Gasteiger partial charge >= 0.3 is 0 Å². The van der Waals surface area contributed by atoms with E-state index in [2.05, 4.69) is 5.32 Å². The molecule has 1 aromatic carbocycles. The van der Waals surface area contributed by atoms with Gasteiger partial charge in [0.2, 0.25) is 5.91 Å². The molecule has 0 saturated heterocycles. The molecule has 0 bridgehead atoms. The third kappa shape index (κ3) is 5.67. The van der Waals surface area contributed by atoms with Gasteiger partial charge in [-0.05, 0) is 38.5 Å². The summed E-state index contributed by atoms with van der Waals surface area (Å²) in [5.41, 5.74) is -0.681. The van der Waals surface area contributed by atoms with E-state index in [1.807, 2.05) is 13.8 Å². The smallest absolute Gasteiger partial charge is 0.222 e. The van der Waals surface area contributed by atoms with Crippen LogP contribution in [0.15, 0.2) is 24.3 Å². The van der Waals surface area contributed by atoms with Crippen molar-refractivity contribution in [3.8, 4) is 0 Å². The molecule has 5 heteroatoms.